The highest BCUT2D eigenvalue weighted by molar-refractivity contribution is 5.95. The van der Waals surface area contributed by atoms with Gasteiger partial charge in [-0.2, -0.15) is 0 Å². The summed E-state index contributed by atoms with van der Waals surface area (Å²) in [5.41, 5.74) is 0.587. The second-order valence-electron chi connectivity index (χ2n) is 5.43. The maximum Gasteiger partial charge on any atom is 0.254 e. The number of carbonyl (C=O) groups excluding carboxylic acids is 1. The van der Waals surface area contributed by atoms with Crippen molar-refractivity contribution in [1.82, 2.24) is 4.90 Å². The molecule has 0 aromatic heterocycles. The average molecular weight is 305 g/mol. The third-order valence-electron chi connectivity index (χ3n) is 3.47. The molecule has 1 aromatic rings. The molecule has 0 N–H and O–H groups in total. The summed E-state index contributed by atoms with van der Waals surface area (Å²) < 4.78 is 16.5. The average Bonchev–Trinajstić information content (AvgIpc) is 2.51. The number of benzene rings is 1. The van der Waals surface area contributed by atoms with E-state index < -0.39 is 0 Å². The Bertz CT molecular complexity index is 533. The minimum absolute atomic E-state index is 0.0180. The lowest BCUT2D eigenvalue weighted by atomic mass is 10.1. The number of rotatable bonds is 5. The molecule has 2 rings (SSSR count). The van der Waals surface area contributed by atoms with Gasteiger partial charge in [-0.1, -0.05) is 12.7 Å². The lowest BCUT2D eigenvalue weighted by Gasteiger charge is -2.35. The van der Waals surface area contributed by atoms with E-state index in [9.17, 15) is 4.79 Å². The Hall–Kier alpha value is -2.01. The zero-order chi connectivity index (χ0) is 16.1. The van der Waals surface area contributed by atoms with Gasteiger partial charge in [0.2, 0.25) is 0 Å². The fourth-order valence-electron chi connectivity index (χ4n) is 2.59. The van der Waals surface area contributed by atoms with E-state index in [-0.39, 0.29) is 18.1 Å². The Morgan fingerprint density at radius 2 is 2.05 bits per heavy atom. The quantitative estimate of drug-likeness (QED) is 0.784. The van der Waals surface area contributed by atoms with Crippen molar-refractivity contribution in [1.29, 1.82) is 0 Å². The molecule has 1 heterocycles. The maximum atomic E-state index is 12.6. The summed E-state index contributed by atoms with van der Waals surface area (Å²) in [6, 6.07) is 5.22. The van der Waals surface area contributed by atoms with Crippen LogP contribution in [-0.2, 0) is 4.74 Å². The van der Waals surface area contributed by atoms with E-state index in [1.807, 2.05) is 18.7 Å². The topological polar surface area (TPSA) is 48.0 Å². The fraction of sp³-hybridized carbons (Fsp3) is 0.471. The van der Waals surface area contributed by atoms with Crippen LogP contribution in [0.4, 0.5) is 0 Å². The molecule has 0 bridgehead atoms. The van der Waals surface area contributed by atoms with Gasteiger partial charge in [-0.05, 0) is 32.0 Å². The van der Waals surface area contributed by atoms with Crippen molar-refractivity contribution in [2.24, 2.45) is 0 Å². The summed E-state index contributed by atoms with van der Waals surface area (Å²) in [6.07, 6.45) is 1.75. The molecule has 22 heavy (non-hydrogen) atoms. The summed E-state index contributed by atoms with van der Waals surface area (Å²) in [5, 5.41) is 0. The van der Waals surface area contributed by atoms with Crippen LogP contribution in [0.5, 0.6) is 11.5 Å². The van der Waals surface area contributed by atoms with E-state index in [2.05, 4.69) is 6.58 Å². The van der Waals surface area contributed by atoms with Crippen LogP contribution in [0.1, 0.15) is 24.2 Å². The molecule has 0 aliphatic carbocycles. The van der Waals surface area contributed by atoms with Gasteiger partial charge in [0.05, 0.1) is 19.3 Å². The lowest BCUT2D eigenvalue weighted by molar-refractivity contribution is -0.0586. The molecule has 5 nitrogen and oxygen atoms in total. The van der Waals surface area contributed by atoms with Crippen LogP contribution in [0.15, 0.2) is 30.9 Å². The molecule has 2 unspecified atom stereocenters. The van der Waals surface area contributed by atoms with E-state index in [4.69, 9.17) is 14.2 Å². The maximum absolute atomic E-state index is 12.6. The zero-order valence-electron chi connectivity index (χ0n) is 13.4. The highest BCUT2D eigenvalue weighted by Crippen LogP contribution is 2.29. The Balaban J connectivity index is 2.17. The number of hydrogen-bond acceptors (Lipinski definition) is 4. The molecule has 0 saturated carbocycles. The second kappa shape index (κ2) is 7.31. The van der Waals surface area contributed by atoms with Gasteiger partial charge in [-0.3, -0.25) is 4.79 Å². The van der Waals surface area contributed by atoms with Gasteiger partial charge < -0.3 is 19.1 Å². The Kier molecular flexibility index (Phi) is 5.44. The molecule has 1 amide bonds. The molecule has 1 aliphatic rings. The van der Waals surface area contributed by atoms with Gasteiger partial charge in [-0.15, -0.1) is 0 Å². The molecule has 1 fully saturated rings. The van der Waals surface area contributed by atoms with Crippen molar-refractivity contribution in [3.05, 3.63) is 36.4 Å². The standard InChI is InChI=1S/C17H23NO4/c1-5-8-21-15-7-6-14(9-16(15)20-4)17(19)18-10-12(2)22-13(3)11-18/h5-7,9,12-13H,1,8,10-11H2,2-4H3. The van der Waals surface area contributed by atoms with Gasteiger partial charge in [0, 0.05) is 18.7 Å². The van der Waals surface area contributed by atoms with Crippen molar-refractivity contribution < 1.29 is 19.0 Å². The minimum atomic E-state index is -0.0180. The molecule has 0 radical (unpaired) electrons. The fourth-order valence-corrected chi connectivity index (χ4v) is 2.59. The van der Waals surface area contributed by atoms with Gasteiger partial charge in [-0.25, -0.2) is 0 Å². The van der Waals surface area contributed by atoms with Crippen molar-refractivity contribution in [3.63, 3.8) is 0 Å². The first-order chi connectivity index (χ1) is 10.5. The smallest absolute Gasteiger partial charge is 0.254 e. The molecule has 2 atom stereocenters. The predicted octanol–water partition coefficient (Wildman–Crippen LogP) is 2.51. The van der Waals surface area contributed by atoms with E-state index >= 15 is 0 Å². The van der Waals surface area contributed by atoms with E-state index in [1.54, 1.807) is 31.4 Å². The van der Waals surface area contributed by atoms with E-state index in [0.717, 1.165) is 0 Å². The number of hydrogen-bond donors (Lipinski definition) is 0. The Morgan fingerprint density at radius 1 is 1.36 bits per heavy atom. The molecule has 1 aliphatic heterocycles. The number of carbonyl (C=O) groups is 1. The summed E-state index contributed by atoms with van der Waals surface area (Å²) in [6.45, 7) is 9.15. The summed E-state index contributed by atoms with van der Waals surface area (Å²) in [4.78, 5) is 14.5. The number of nitrogens with zero attached hydrogens (tertiary/aromatic N) is 1. The van der Waals surface area contributed by atoms with Crippen molar-refractivity contribution in [3.8, 4) is 11.5 Å². The first-order valence-corrected chi connectivity index (χ1v) is 7.41. The molecule has 120 valence electrons. The molecule has 0 spiro atoms. The third-order valence-corrected chi connectivity index (χ3v) is 3.47. The molecular weight excluding hydrogens is 282 g/mol. The highest BCUT2D eigenvalue weighted by atomic mass is 16.5. The lowest BCUT2D eigenvalue weighted by Crippen LogP contribution is -2.48. The first-order valence-electron chi connectivity index (χ1n) is 7.41. The van der Waals surface area contributed by atoms with Crippen LogP contribution in [0.3, 0.4) is 0 Å². The van der Waals surface area contributed by atoms with Crippen LogP contribution in [0, 0.1) is 0 Å². The normalized spacial score (nSPS) is 21.3. The predicted molar refractivity (Wildman–Crippen MR) is 84.6 cm³/mol. The highest BCUT2D eigenvalue weighted by Gasteiger charge is 2.27. The number of ether oxygens (including phenoxy) is 3. The van der Waals surface area contributed by atoms with Crippen LogP contribution in [-0.4, -0.2) is 49.8 Å². The Labute approximate surface area is 131 Å². The number of methoxy groups -OCH3 is 1. The Morgan fingerprint density at radius 3 is 2.64 bits per heavy atom. The third kappa shape index (κ3) is 3.80. The summed E-state index contributed by atoms with van der Waals surface area (Å²) in [5.74, 6) is 1.13. The molecule has 5 heteroatoms. The number of morpholine rings is 1. The molecule has 1 aromatic carbocycles. The van der Waals surface area contributed by atoms with Gasteiger partial charge in [0.1, 0.15) is 6.61 Å². The first kappa shape index (κ1) is 16.4. The van der Waals surface area contributed by atoms with Crippen LogP contribution in [0.2, 0.25) is 0 Å². The summed E-state index contributed by atoms with van der Waals surface area (Å²) >= 11 is 0. The minimum Gasteiger partial charge on any atom is -0.493 e. The van der Waals surface area contributed by atoms with E-state index in [0.29, 0.717) is 36.8 Å². The molecular formula is C17H23NO4. The van der Waals surface area contributed by atoms with E-state index in [1.165, 1.54) is 0 Å². The largest absolute Gasteiger partial charge is 0.493 e. The van der Waals surface area contributed by atoms with Crippen molar-refractivity contribution >= 4 is 5.91 Å². The monoisotopic (exact) mass is 305 g/mol. The van der Waals surface area contributed by atoms with Crippen molar-refractivity contribution in [2.45, 2.75) is 26.1 Å². The second-order valence-corrected chi connectivity index (χ2v) is 5.43. The van der Waals surface area contributed by atoms with Crippen LogP contribution in [0.25, 0.3) is 0 Å². The summed E-state index contributed by atoms with van der Waals surface area (Å²) in [7, 11) is 1.56. The zero-order valence-corrected chi connectivity index (χ0v) is 13.4. The number of amides is 1. The van der Waals surface area contributed by atoms with Gasteiger partial charge in [0.25, 0.3) is 5.91 Å². The SMILES string of the molecule is C=CCOc1ccc(C(=O)N2CC(C)OC(C)C2)cc1OC. The van der Waals surface area contributed by atoms with Gasteiger partial charge >= 0.3 is 0 Å². The van der Waals surface area contributed by atoms with Crippen molar-refractivity contribution in [2.75, 3.05) is 26.8 Å². The van der Waals surface area contributed by atoms with Crippen LogP contribution < -0.4 is 9.47 Å². The van der Waals surface area contributed by atoms with Gasteiger partial charge in [0.15, 0.2) is 11.5 Å². The van der Waals surface area contributed by atoms with Crippen LogP contribution >= 0.6 is 0 Å². The molecule has 1 saturated heterocycles.